The van der Waals surface area contributed by atoms with Gasteiger partial charge in [-0.05, 0) is 36.9 Å². The van der Waals surface area contributed by atoms with Crippen LogP contribution in [-0.4, -0.2) is 26.2 Å². The van der Waals surface area contributed by atoms with Gasteiger partial charge in [-0.25, -0.2) is 13.4 Å². The summed E-state index contributed by atoms with van der Waals surface area (Å²) >= 11 is 0. The zero-order valence-corrected chi connectivity index (χ0v) is 12.9. The zero-order chi connectivity index (χ0) is 15.3. The van der Waals surface area contributed by atoms with Gasteiger partial charge >= 0.3 is 0 Å². The van der Waals surface area contributed by atoms with E-state index >= 15 is 0 Å². The van der Waals surface area contributed by atoms with Crippen molar-refractivity contribution < 1.29 is 13.2 Å². The Kier molecular flexibility index (Phi) is 4.93. The molecule has 1 aromatic heterocycles. The molecule has 0 aliphatic heterocycles. The van der Waals surface area contributed by atoms with Crippen molar-refractivity contribution in [2.75, 3.05) is 12.8 Å². The fourth-order valence-corrected chi connectivity index (χ4v) is 2.41. The van der Waals surface area contributed by atoms with Crippen LogP contribution in [0.1, 0.15) is 12.5 Å². The number of nitrogens with one attached hydrogen (secondary N) is 1. The number of ether oxygens (including phenoxy) is 1. The zero-order valence-electron chi connectivity index (χ0n) is 12.0. The lowest BCUT2D eigenvalue weighted by atomic mass is 10.2. The molecule has 1 aromatic carbocycles. The molecule has 0 saturated carbocycles. The lowest BCUT2D eigenvalue weighted by Crippen LogP contribution is -2.12. The maximum atomic E-state index is 11.4. The summed E-state index contributed by atoms with van der Waals surface area (Å²) in [5.74, 6) is 1.07. The average Bonchev–Trinajstić information content (AvgIpc) is 2.46. The highest BCUT2D eigenvalue weighted by molar-refractivity contribution is 7.90. The number of hydrogen-bond donors (Lipinski definition) is 1. The van der Waals surface area contributed by atoms with Gasteiger partial charge in [0.15, 0.2) is 9.84 Å². The van der Waals surface area contributed by atoms with Crippen molar-refractivity contribution in [2.45, 2.75) is 18.4 Å². The van der Waals surface area contributed by atoms with Gasteiger partial charge < -0.3 is 10.1 Å². The van der Waals surface area contributed by atoms with Crippen LogP contribution in [0.15, 0.2) is 47.5 Å². The topological polar surface area (TPSA) is 68.3 Å². The van der Waals surface area contributed by atoms with Gasteiger partial charge in [-0.2, -0.15) is 0 Å². The van der Waals surface area contributed by atoms with Crippen LogP contribution in [0.5, 0.6) is 11.6 Å². The summed E-state index contributed by atoms with van der Waals surface area (Å²) in [6, 6.07) is 10.1. The first kappa shape index (κ1) is 15.5. The molecule has 0 fully saturated rings. The van der Waals surface area contributed by atoms with Gasteiger partial charge in [0.1, 0.15) is 5.75 Å². The van der Waals surface area contributed by atoms with Crippen LogP contribution in [0, 0.1) is 0 Å². The molecule has 21 heavy (non-hydrogen) atoms. The Morgan fingerprint density at radius 3 is 2.52 bits per heavy atom. The molecule has 1 N–H and O–H groups in total. The summed E-state index contributed by atoms with van der Waals surface area (Å²) in [5, 5.41) is 3.22. The second-order valence-electron chi connectivity index (χ2n) is 4.59. The molecule has 1 heterocycles. The molecule has 0 bridgehead atoms. The SMILES string of the molecule is CCNCc1cccnc1Oc1ccc(S(C)(=O)=O)cc1. The molecule has 0 atom stereocenters. The number of nitrogens with zero attached hydrogens (tertiary/aromatic N) is 1. The lowest BCUT2D eigenvalue weighted by Gasteiger charge is -2.10. The molecule has 0 saturated heterocycles. The van der Waals surface area contributed by atoms with Crippen molar-refractivity contribution >= 4 is 9.84 Å². The minimum atomic E-state index is -3.19. The number of pyridine rings is 1. The van der Waals surface area contributed by atoms with E-state index in [0.29, 0.717) is 18.2 Å². The van der Waals surface area contributed by atoms with Crippen LogP contribution < -0.4 is 10.1 Å². The van der Waals surface area contributed by atoms with Crippen LogP contribution in [0.3, 0.4) is 0 Å². The minimum Gasteiger partial charge on any atom is -0.439 e. The van der Waals surface area contributed by atoms with Gasteiger partial charge in [0, 0.05) is 24.6 Å². The molecule has 2 rings (SSSR count). The predicted molar refractivity (Wildman–Crippen MR) is 81.2 cm³/mol. The number of aromatic nitrogens is 1. The van der Waals surface area contributed by atoms with Crippen molar-refractivity contribution in [1.82, 2.24) is 10.3 Å². The first-order valence-corrected chi connectivity index (χ1v) is 8.52. The second kappa shape index (κ2) is 6.69. The third-order valence-electron chi connectivity index (χ3n) is 2.88. The molecule has 0 aliphatic rings. The summed E-state index contributed by atoms with van der Waals surface area (Å²) in [4.78, 5) is 4.48. The van der Waals surface area contributed by atoms with E-state index in [-0.39, 0.29) is 4.90 Å². The standard InChI is InChI=1S/C15H18N2O3S/c1-3-16-11-12-5-4-10-17-15(12)20-13-6-8-14(9-7-13)21(2,18)19/h4-10,16H,3,11H2,1-2H3. The van der Waals surface area contributed by atoms with Crippen LogP contribution >= 0.6 is 0 Å². The van der Waals surface area contributed by atoms with Crippen molar-refractivity contribution in [3.05, 3.63) is 48.2 Å². The summed E-state index contributed by atoms with van der Waals surface area (Å²) in [5.41, 5.74) is 0.950. The van der Waals surface area contributed by atoms with Crippen molar-refractivity contribution in [1.29, 1.82) is 0 Å². The molecule has 0 aliphatic carbocycles. The molecular weight excluding hydrogens is 288 g/mol. The molecule has 0 unspecified atom stereocenters. The van der Waals surface area contributed by atoms with E-state index in [1.54, 1.807) is 18.3 Å². The van der Waals surface area contributed by atoms with Gasteiger partial charge in [-0.3, -0.25) is 0 Å². The van der Waals surface area contributed by atoms with Gasteiger partial charge in [0.25, 0.3) is 0 Å². The number of benzene rings is 1. The maximum absolute atomic E-state index is 11.4. The monoisotopic (exact) mass is 306 g/mol. The molecule has 112 valence electrons. The maximum Gasteiger partial charge on any atom is 0.223 e. The summed E-state index contributed by atoms with van der Waals surface area (Å²) in [6.45, 7) is 3.55. The van der Waals surface area contributed by atoms with Crippen molar-refractivity contribution in [3.8, 4) is 11.6 Å². The fraction of sp³-hybridized carbons (Fsp3) is 0.267. The quantitative estimate of drug-likeness (QED) is 0.887. The Labute approximate surface area is 124 Å². The van der Waals surface area contributed by atoms with E-state index in [4.69, 9.17) is 4.74 Å². The molecule has 6 heteroatoms. The third-order valence-corrected chi connectivity index (χ3v) is 4.01. The van der Waals surface area contributed by atoms with E-state index in [1.165, 1.54) is 18.4 Å². The van der Waals surface area contributed by atoms with Crippen molar-refractivity contribution in [3.63, 3.8) is 0 Å². The molecule has 0 amide bonds. The Hall–Kier alpha value is -1.92. The van der Waals surface area contributed by atoms with Gasteiger partial charge in [0.05, 0.1) is 4.90 Å². The second-order valence-corrected chi connectivity index (χ2v) is 6.61. The van der Waals surface area contributed by atoms with Gasteiger partial charge in [0.2, 0.25) is 5.88 Å². The number of hydrogen-bond acceptors (Lipinski definition) is 5. The van der Waals surface area contributed by atoms with Crippen LogP contribution in [0.25, 0.3) is 0 Å². The molecule has 5 nitrogen and oxygen atoms in total. The van der Waals surface area contributed by atoms with E-state index in [2.05, 4.69) is 10.3 Å². The largest absolute Gasteiger partial charge is 0.439 e. The Morgan fingerprint density at radius 2 is 1.90 bits per heavy atom. The summed E-state index contributed by atoms with van der Waals surface area (Å²) < 4.78 is 28.6. The molecule has 0 spiro atoms. The summed E-state index contributed by atoms with van der Waals surface area (Å²) in [6.07, 6.45) is 2.84. The number of rotatable bonds is 6. The molecular formula is C15H18N2O3S. The van der Waals surface area contributed by atoms with Crippen LogP contribution in [-0.2, 0) is 16.4 Å². The minimum absolute atomic E-state index is 0.267. The van der Waals surface area contributed by atoms with E-state index in [1.807, 2.05) is 19.1 Å². The van der Waals surface area contributed by atoms with Crippen LogP contribution in [0.2, 0.25) is 0 Å². The van der Waals surface area contributed by atoms with Crippen molar-refractivity contribution in [2.24, 2.45) is 0 Å². The molecule has 2 aromatic rings. The highest BCUT2D eigenvalue weighted by Crippen LogP contribution is 2.24. The average molecular weight is 306 g/mol. The Balaban J connectivity index is 2.18. The lowest BCUT2D eigenvalue weighted by molar-refractivity contribution is 0.453. The van der Waals surface area contributed by atoms with E-state index < -0.39 is 9.84 Å². The smallest absolute Gasteiger partial charge is 0.223 e. The highest BCUT2D eigenvalue weighted by atomic mass is 32.2. The fourth-order valence-electron chi connectivity index (χ4n) is 1.78. The predicted octanol–water partition coefficient (Wildman–Crippen LogP) is 2.39. The number of sulfone groups is 1. The highest BCUT2D eigenvalue weighted by Gasteiger charge is 2.09. The first-order valence-electron chi connectivity index (χ1n) is 6.63. The van der Waals surface area contributed by atoms with E-state index in [0.717, 1.165) is 12.1 Å². The Morgan fingerprint density at radius 1 is 1.19 bits per heavy atom. The van der Waals surface area contributed by atoms with E-state index in [9.17, 15) is 8.42 Å². The van der Waals surface area contributed by atoms with Gasteiger partial charge in [-0.1, -0.05) is 13.0 Å². The third kappa shape index (κ3) is 4.27. The first-order chi connectivity index (χ1) is 10.0. The molecule has 0 radical (unpaired) electrons. The summed E-state index contributed by atoms with van der Waals surface area (Å²) in [7, 11) is -3.19. The van der Waals surface area contributed by atoms with Crippen LogP contribution in [0.4, 0.5) is 0 Å². The van der Waals surface area contributed by atoms with Gasteiger partial charge in [-0.15, -0.1) is 0 Å². The normalized spacial score (nSPS) is 11.3. The Bertz CT molecular complexity index is 697.